The van der Waals surface area contributed by atoms with Crippen LogP contribution in [0, 0.1) is 13.8 Å². The van der Waals surface area contributed by atoms with Crippen molar-refractivity contribution in [1.82, 2.24) is 9.88 Å². The number of aromatic nitrogens is 1. The second kappa shape index (κ2) is 7.76. The van der Waals surface area contributed by atoms with Gasteiger partial charge in [0.05, 0.1) is 23.9 Å². The lowest BCUT2D eigenvalue weighted by Gasteiger charge is -2.29. The number of esters is 1. The number of hydrogen-bond acceptors (Lipinski definition) is 5. The molecule has 0 saturated carbocycles. The van der Waals surface area contributed by atoms with Gasteiger partial charge in [-0.3, -0.25) is 9.69 Å². The maximum Gasteiger partial charge on any atom is 0.340 e. The van der Waals surface area contributed by atoms with Crippen LogP contribution in [0.4, 0.5) is 0 Å². The van der Waals surface area contributed by atoms with E-state index in [0.29, 0.717) is 35.2 Å². The van der Waals surface area contributed by atoms with E-state index in [1.54, 1.807) is 18.3 Å². The van der Waals surface area contributed by atoms with Gasteiger partial charge in [0.2, 0.25) is 0 Å². The third-order valence-corrected chi connectivity index (χ3v) is 6.18. The number of ether oxygens (including phenoxy) is 1. The number of carbonyl (C=O) groups excluding carboxylic acids is 2. The van der Waals surface area contributed by atoms with Crippen LogP contribution in [0.2, 0.25) is 0 Å². The molecule has 1 fully saturated rings. The number of hydrogen-bond donors (Lipinski definition) is 1. The minimum atomic E-state index is -0.372. The van der Waals surface area contributed by atoms with Crippen molar-refractivity contribution in [3.05, 3.63) is 44.9 Å². The number of likely N-dealkylation sites (tertiary alicyclic amines) is 1. The molecular formula is C20H26N2O3S. The summed E-state index contributed by atoms with van der Waals surface area (Å²) in [6.45, 7) is 8.61. The molecule has 2 atom stereocenters. The predicted octanol–water partition coefficient (Wildman–Crippen LogP) is 4.28. The Morgan fingerprint density at radius 3 is 2.85 bits per heavy atom. The van der Waals surface area contributed by atoms with Crippen LogP contribution in [0.15, 0.2) is 17.5 Å². The van der Waals surface area contributed by atoms with E-state index in [2.05, 4.69) is 27.4 Å². The van der Waals surface area contributed by atoms with Crippen LogP contribution in [0.3, 0.4) is 0 Å². The van der Waals surface area contributed by atoms with Crippen molar-refractivity contribution >= 4 is 23.1 Å². The molecule has 2 aromatic rings. The summed E-state index contributed by atoms with van der Waals surface area (Å²) in [6.07, 6.45) is 2.17. The number of ketones is 1. The number of nitrogens with zero attached hydrogens (tertiary/aromatic N) is 1. The van der Waals surface area contributed by atoms with Gasteiger partial charge in [-0.1, -0.05) is 6.07 Å². The van der Waals surface area contributed by atoms with E-state index < -0.39 is 0 Å². The number of aromatic amines is 1. The van der Waals surface area contributed by atoms with Crippen molar-refractivity contribution in [3.8, 4) is 0 Å². The SMILES string of the molecule is CCOC(=O)c1c(C)[nH]c(C(=O)[C@@H](C)N2CCC[C@@H]2c2cccs2)c1C. The molecule has 26 heavy (non-hydrogen) atoms. The van der Waals surface area contributed by atoms with E-state index in [0.717, 1.165) is 19.4 Å². The molecule has 0 aliphatic carbocycles. The van der Waals surface area contributed by atoms with Crippen LogP contribution in [0.1, 0.15) is 69.7 Å². The minimum Gasteiger partial charge on any atom is -0.462 e. The van der Waals surface area contributed by atoms with E-state index in [-0.39, 0.29) is 17.8 Å². The fourth-order valence-corrected chi connectivity index (χ4v) is 4.79. The monoisotopic (exact) mass is 374 g/mol. The standard InChI is InChI=1S/C20H26N2O3S/c1-5-25-20(24)17-12(2)18(21-13(17)3)19(23)14(4)22-10-6-8-15(22)16-9-7-11-26-16/h7,9,11,14-15,21H,5-6,8,10H2,1-4H3/t14-,15-/m1/s1. The molecule has 5 nitrogen and oxygen atoms in total. The first-order valence-corrected chi connectivity index (χ1v) is 10.0. The van der Waals surface area contributed by atoms with Gasteiger partial charge in [-0.2, -0.15) is 0 Å². The molecule has 2 aromatic heterocycles. The van der Waals surface area contributed by atoms with Crippen LogP contribution >= 0.6 is 11.3 Å². The Hall–Kier alpha value is -1.92. The van der Waals surface area contributed by atoms with E-state index >= 15 is 0 Å². The largest absolute Gasteiger partial charge is 0.462 e. The summed E-state index contributed by atoms with van der Waals surface area (Å²) in [5.41, 5.74) is 2.38. The van der Waals surface area contributed by atoms with Gasteiger partial charge in [-0.25, -0.2) is 4.79 Å². The van der Waals surface area contributed by atoms with Gasteiger partial charge in [0.1, 0.15) is 0 Å². The molecule has 3 rings (SSSR count). The topological polar surface area (TPSA) is 62.4 Å². The number of rotatable bonds is 6. The number of Topliss-reactive ketones (excluding diaryl/α,β-unsaturated/α-hetero) is 1. The van der Waals surface area contributed by atoms with Crippen molar-refractivity contribution < 1.29 is 14.3 Å². The third-order valence-electron chi connectivity index (χ3n) is 5.21. The molecule has 0 spiro atoms. The molecule has 3 heterocycles. The number of thiophene rings is 1. The lowest BCUT2D eigenvalue weighted by molar-refractivity contribution is 0.0525. The highest BCUT2D eigenvalue weighted by atomic mass is 32.1. The third kappa shape index (κ3) is 3.35. The molecule has 0 radical (unpaired) electrons. The van der Waals surface area contributed by atoms with Gasteiger partial charge in [0, 0.05) is 16.6 Å². The van der Waals surface area contributed by atoms with Crippen LogP contribution in [-0.4, -0.2) is 40.8 Å². The molecule has 0 unspecified atom stereocenters. The summed E-state index contributed by atoms with van der Waals surface area (Å²) < 4.78 is 5.13. The van der Waals surface area contributed by atoms with Gasteiger partial charge < -0.3 is 9.72 Å². The summed E-state index contributed by atoms with van der Waals surface area (Å²) in [5.74, 6) is -0.340. The average molecular weight is 375 g/mol. The predicted molar refractivity (Wildman–Crippen MR) is 103 cm³/mol. The molecule has 0 aromatic carbocycles. The van der Waals surface area contributed by atoms with Gasteiger partial charge in [0.15, 0.2) is 5.78 Å². The fraction of sp³-hybridized carbons (Fsp3) is 0.500. The highest BCUT2D eigenvalue weighted by Gasteiger charge is 2.35. The fourth-order valence-electron chi connectivity index (χ4n) is 3.90. The van der Waals surface area contributed by atoms with Crippen LogP contribution in [-0.2, 0) is 4.74 Å². The first kappa shape index (κ1) is 18.9. The Labute approximate surface area is 158 Å². The molecule has 0 amide bonds. The summed E-state index contributed by atoms with van der Waals surface area (Å²) in [6, 6.07) is 4.27. The Balaban J connectivity index is 1.85. The summed E-state index contributed by atoms with van der Waals surface area (Å²) in [7, 11) is 0. The average Bonchev–Trinajstić information content (AvgIpc) is 3.33. The van der Waals surface area contributed by atoms with Crippen LogP contribution in [0.5, 0.6) is 0 Å². The van der Waals surface area contributed by atoms with E-state index in [4.69, 9.17) is 4.74 Å². The Morgan fingerprint density at radius 1 is 1.42 bits per heavy atom. The second-order valence-corrected chi connectivity index (χ2v) is 7.78. The summed E-state index contributed by atoms with van der Waals surface area (Å²) >= 11 is 1.75. The highest BCUT2D eigenvalue weighted by Crippen LogP contribution is 2.36. The lowest BCUT2D eigenvalue weighted by Crippen LogP contribution is -2.38. The van der Waals surface area contributed by atoms with Crippen molar-refractivity contribution in [3.63, 3.8) is 0 Å². The second-order valence-electron chi connectivity index (χ2n) is 6.80. The number of nitrogens with one attached hydrogen (secondary N) is 1. The minimum absolute atomic E-state index is 0.0320. The Kier molecular flexibility index (Phi) is 5.63. The van der Waals surface area contributed by atoms with E-state index in [1.807, 2.05) is 20.8 Å². The zero-order chi connectivity index (χ0) is 18.8. The highest BCUT2D eigenvalue weighted by molar-refractivity contribution is 7.10. The molecule has 0 bridgehead atoms. The smallest absolute Gasteiger partial charge is 0.340 e. The zero-order valence-electron chi connectivity index (χ0n) is 15.8. The lowest BCUT2D eigenvalue weighted by atomic mass is 10.0. The van der Waals surface area contributed by atoms with Gasteiger partial charge in [-0.05, 0) is 64.1 Å². The van der Waals surface area contributed by atoms with Crippen LogP contribution < -0.4 is 0 Å². The van der Waals surface area contributed by atoms with Crippen molar-refractivity contribution in [1.29, 1.82) is 0 Å². The van der Waals surface area contributed by atoms with E-state index in [1.165, 1.54) is 4.88 Å². The summed E-state index contributed by atoms with van der Waals surface area (Å²) in [5, 5.41) is 2.09. The Bertz CT molecular complexity index is 794. The number of aryl methyl sites for hydroxylation is 1. The quantitative estimate of drug-likeness (QED) is 0.606. The normalized spacial score (nSPS) is 18.8. The molecule has 1 aliphatic heterocycles. The Morgan fingerprint density at radius 2 is 2.19 bits per heavy atom. The summed E-state index contributed by atoms with van der Waals surface area (Å²) in [4.78, 5) is 32.1. The molecule has 1 saturated heterocycles. The van der Waals surface area contributed by atoms with Gasteiger partial charge in [-0.15, -0.1) is 11.3 Å². The maximum absolute atomic E-state index is 13.2. The zero-order valence-corrected chi connectivity index (χ0v) is 16.6. The molecule has 140 valence electrons. The van der Waals surface area contributed by atoms with Gasteiger partial charge in [0.25, 0.3) is 0 Å². The molecule has 1 aliphatic rings. The first-order valence-electron chi connectivity index (χ1n) is 9.15. The molecular weight excluding hydrogens is 348 g/mol. The van der Waals surface area contributed by atoms with Crippen LogP contribution in [0.25, 0.3) is 0 Å². The van der Waals surface area contributed by atoms with E-state index in [9.17, 15) is 9.59 Å². The number of carbonyl (C=O) groups is 2. The van der Waals surface area contributed by atoms with Crippen molar-refractivity contribution in [2.45, 2.75) is 52.6 Å². The maximum atomic E-state index is 13.2. The molecule has 1 N–H and O–H groups in total. The van der Waals surface area contributed by atoms with Crippen molar-refractivity contribution in [2.24, 2.45) is 0 Å². The molecule has 6 heteroatoms. The van der Waals surface area contributed by atoms with Crippen molar-refractivity contribution in [2.75, 3.05) is 13.2 Å². The number of H-pyrrole nitrogens is 1. The first-order chi connectivity index (χ1) is 12.5. The van der Waals surface area contributed by atoms with Gasteiger partial charge >= 0.3 is 5.97 Å².